The van der Waals surface area contributed by atoms with Gasteiger partial charge in [-0.15, -0.1) is 0 Å². The number of benzene rings is 2. The highest BCUT2D eigenvalue weighted by atomic mass is 16.5. The summed E-state index contributed by atoms with van der Waals surface area (Å²) in [6.45, 7) is 2.48. The third-order valence-corrected chi connectivity index (χ3v) is 4.95. The minimum Gasteiger partial charge on any atom is -0.481 e. The summed E-state index contributed by atoms with van der Waals surface area (Å²) in [5, 5.41) is 12.0. The maximum absolute atomic E-state index is 12.3. The van der Waals surface area contributed by atoms with Crippen LogP contribution in [0.4, 0.5) is 4.79 Å². The number of piperidine rings is 1. The van der Waals surface area contributed by atoms with E-state index in [0.717, 1.165) is 16.7 Å². The van der Waals surface area contributed by atoms with Gasteiger partial charge in [-0.25, -0.2) is 4.79 Å². The predicted octanol–water partition coefficient (Wildman–Crippen LogP) is 3.41. The first kappa shape index (κ1) is 19.9. The lowest BCUT2D eigenvalue weighted by Crippen LogP contribution is -2.45. The molecular formula is C22H26N2O4. The Hall–Kier alpha value is -2.86. The number of rotatable bonds is 7. The molecule has 0 aliphatic carbocycles. The second-order valence-electron chi connectivity index (χ2n) is 7.06. The summed E-state index contributed by atoms with van der Waals surface area (Å²) in [7, 11) is 0. The number of carboxylic acid groups (broad SMARTS) is 1. The van der Waals surface area contributed by atoms with Gasteiger partial charge in [0.25, 0.3) is 0 Å². The molecule has 2 amide bonds. The zero-order chi connectivity index (χ0) is 19.8. The molecule has 0 atom stereocenters. The van der Waals surface area contributed by atoms with Crippen LogP contribution in [0, 0.1) is 5.92 Å². The fourth-order valence-electron chi connectivity index (χ4n) is 3.31. The summed E-state index contributed by atoms with van der Waals surface area (Å²) in [4.78, 5) is 25.0. The SMILES string of the molecule is O=C(O)C1CCN(C(=O)NCc2cccc(COCc3ccccc3)c2)CC1. The standard InChI is InChI=1S/C22H26N2O4/c25-21(26)20-9-11-24(12-10-20)22(27)23-14-18-7-4-8-19(13-18)16-28-15-17-5-2-1-3-6-17/h1-8,13,20H,9-12,14-16H2,(H,23,27)(H,25,26). The van der Waals surface area contributed by atoms with Crippen LogP contribution in [0.25, 0.3) is 0 Å². The van der Waals surface area contributed by atoms with Crippen molar-refractivity contribution in [1.29, 1.82) is 0 Å². The average molecular weight is 382 g/mol. The molecule has 1 aliphatic rings. The number of carbonyl (C=O) groups excluding carboxylic acids is 1. The number of carboxylic acids is 1. The number of nitrogens with zero attached hydrogens (tertiary/aromatic N) is 1. The fourth-order valence-corrected chi connectivity index (χ4v) is 3.31. The van der Waals surface area contributed by atoms with Gasteiger partial charge in [0, 0.05) is 19.6 Å². The van der Waals surface area contributed by atoms with Crippen molar-refractivity contribution >= 4 is 12.0 Å². The first-order chi connectivity index (χ1) is 13.6. The number of likely N-dealkylation sites (tertiary alicyclic amines) is 1. The summed E-state index contributed by atoms with van der Waals surface area (Å²) < 4.78 is 5.77. The summed E-state index contributed by atoms with van der Waals surface area (Å²) in [5.41, 5.74) is 3.21. The van der Waals surface area contributed by atoms with Gasteiger partial charge in [0.15, 0.2) is 0 Å². The Kier molecular flexibility index (Phi) is 7.03. The van der Waals surface area contributed by atoms with Gasteiger partial charge in [-0.05, 0) is 29.5 Å². The van der Waals surface area contributed by atoms with E-state index < -0.39 is 5.97 Å². The van der Waals surface area contributed by atoms with Crippen LogP contribution in [0.5, 0.6) is 0 Å². The molecule has 0 unspecified atom stereocenters. The van der Waals surface area contributed by atoms with Gasteiger partial charge in [0.05, 0.1) is 19.1 Å². The predicted molar refractivity (Wildman–Crippen MR) is 106 cm³/mol. The van der Waals surface area contributed by atoms with Crippen molar-refractivity contribution in [3.63, 3.8) is 0 Å². The quantitative estimate of drug-likeness (QED) is 0.769. The van der Waals surface area contributed by atoms with Crippen LogP contribution in [0.1, 0.15) is 29.5 Å². The maximum atomic E-state index is 12.3. The molecule has 148 valence electrons. The number of nitrogens with one attached hydrogen (secondary N) is 1. The van der Waals surface area contributed by atoms with Crippen LogP contribution in [-0.4, -0.2) is 35.1 Å². The number of carbonyl (C=O) groups is 2. The Labute approximate surface area is 165 Å². The fraction of sp³-hybridized carbons (Fsp3) is 0.364. The minimum atomic E-state index is -0.772. The molecule has 28 heavy (non-hydrogen) atoms. The van der Waals surface area contributed by atoms with Crippen molar-refractivity contribution in [2.75, 3.05) is 13.1 Å². The highest BCUT2D eigenvalue weighted by Gasteiger charge is 2.26. The lowest BCUT2D eigenvalue weighted by molar-refractivity contribution is -0.143. The third kappa shape index (κ3) is 5.82. The molecule has 1 heterocycles. The normalized spacial score (nSPS) is 14.6. The molecule has 0 aromatic heterocycles. The van der Waals surface area contributed by atoms with Gasteiger partial charge in [0.1, 0.15) is 0 Å². The number of aliphatic carboxylic acids is 1. The minimum absolute atomic E-state index is 0.144. The molecule has 3 rings (SSSR count). The monoisotopic (exact) mass is 382 g/mol. The Morgan fingerprint density at radius 2 is 1.61 bits per heavy atom. The van der Waals surface area contributed by atoms with Gasteiger partial charge in [-0.2, -0.15) is 0 Å². The highest BCUT2D eigenvalue weighted by molar-refractivity contribution is 5.75. The van der Waals surface area contributed by atoms with Crippen LogP contribution in [0.2, 0.25) is 0 Å². The Balaban J connectivity index is 1.43. The van der Waals surface area contributed by atoms with E-state index in [9.17, 15) is 9.59 Å². The van der Waals surface area contributed by atoms with Crippen LogP contribution in [0.15, 0.2) is 54.6 Å². The van der Waals surface area contributed by atoms with Gasteiger partial charge in [-0.1, -0.05) is 54.6 Å². The molecule has 1 fully saturated rings. The Morgan fingerprint density at radius 1 is 0.964 bits per heavy atom. The highest BCUT2D eigenvalue weighted by Crippen LogP contribution is 2.17. The number of ether oxygens (including phenoxy) is 1. The van der Waals surface area contributed by atoms with E-state index in [1.54, 1.807) is 4.90 Å². The first-order valence-electron chi connectivity index (χ1n) is 9.57. The molecule has 2 N–H and O–H groups in total. The smallest absolute Gasteiger partial charge is 0.317 e. The molecule has 1 saturated heterocycles. The van der Waals surface area contributed by atoms with E-state index in [-0.39, 0.29) is 11.9 Å². The molecule has 2 aromatic carbocycles. The zero-order valence-corrected chi connectivity index (χ0v) is 15.8. The second-order valence-corrected chi connectivity index (χ2v) is 7.06. The van der Waals surface area contributed by atoms with Gasteiger partial charge < -0.3 is 20.1 Å². The van der Waals surface area contributed by atoms with Crippen molar-refractivity contribution in [2.45, 2.75) is 32.6 Å². The van der Waals surface area contributed by atoms with E-state index in [4.69, 9.17) is 9.84 Å². The van der Waals surface area contributed by atoms with Crippen molar-refractivity contribution < 1.29 is 19.4 Å². The Bertz CT molecular complexity index is 786. The lowest BCUT2D eigenvalue weighted by atomic mass is 9.97. The van der Waals surface area contributed by atoms with Gasteiger partial charge in [0.2, 0.25) is 0 Å². The molecule has 6 nitrogen and oxygen atoms in total. The Morgan fingerprint density at radius 3 is 2.32 bits per heavy atom. The molecule has 0 spiro atoms. The van der Waals surface area contributed by atoms with E-state index >= 15 is 0 Å². The third-order valence-electron chi connectivity index (χ3n) is 4.95. The van der Waals surface area contributed by atoms with E-state index in [2.05, 4.69) is 5.32 Å². The topological polar surface area (TPSA) is 78.9 Å². The zero-order valence-electron chi connectivity index (χ0n) is 15.8. The van der Waals surface area contributed by atoms with Crippen LogP contribution in [-0.2, 0) is 29.3 Å². The molecule has 1 aliphatic heterocycles. The average Bonchev–Trinajstić information content (AvgIpc) is 2.73. The molecular weight excluding hydrogens is 356 g/mol. The van der Waals surface area contributed by atoms with E-state index in [1.807, 2.05) is 54.6 Å². The number of hydrogen-bond donors (Lipinski definition) is 2. The van der Waals surface area contributed by atoms with Gasteiger partial charge in [-0.3, -0.25) is 4.79 Å². The molecule has 0 saturated carbocycles. The molecule has 0 bridgehead atoms. The van der Waals surface area contributed by atoms with Crippen LogP contribution in [0.3, 0.4) is 0 Å². The van der Waals surface area contributed by atoms with E-state index in [1.165, 1.54) is 0 Å². The summed E-state index contributed by atoms with van der Waals surface area (Å²) >= 11 is 0. The number of amides is 2. The lowest BCUT2D eigenvalue weighted by Gasteiger charge is -2.30. The van der Waals surface area contributed by atoms with Crippen molar-refractivity contribution in [1.82, 2.24) is 10.2 Å². The van der Waals surface area contributed by atoms with Crippen molar-refractivity contribution in [3.8, 4) is 0 Å². The van der Waals surface area contributed by atoms with Gasteiger partial charge >= 0.3 is 12.0 Å². The summed E-state index contributed by atoms with van der Waals surface area (Å²) in [6, 6.07) is 17.9. The molecule has 0 radical (unpaired) electrons. The molecule has 2 aromatic rings. The maximum Gasteiger partial charge on any atom is 0.317 e. The first-order valence-corrected chi connectivity index (χ1v) is 9.57. The summed E-state index contributed by atoms with van der Waals surface area (Å²) in [6.07, 6.45) is 1.02. The number of urea groups is 1. The van der Waals surface area contributed by atoms with Crippen molar-refractivity contribution in [2.24, 2.45) is 5.92 Å². The summed E-state index contributed by atoms with van der Waals surface area (Å²) in [5.74, 6) is -1.11. The van der Waals surface area contributed by atoms with Crippen molar-refractivity contribution in [3.05, 3.63) is 71.3 Å². The van der Waals surface area contributed by atoms with Crippen LogP contribution >= 0.6 is 0 Å². The van der Waals surface area contributed by atoms with Crippen LogP contribution < -0.4 is 5.32 Å². The number of hydrogen-bond acceptors (Lipinski definition) is 3. The largest absolute Gasteiger partial charge is 0.481 e. The second kappa shape index (κ2) is 9.90. The van der Waals surface area contributed by atoms with E-state index in [0.29, 0.717) is 45.7 Å². The molecule has 6 heteroatoms.